The van der Waals surface area contributed by atoms with Crippen LogP contribution in [0.2, 0.25) is 4.47 Å². The fourth-order valence-electron chi connectivity index (χ4n) is 1.75. The molecular formula is C10H15ClN2OS. The lowest BCUT2D eigenvalue weighted by Gasteiger charge is -2.31. The van der Waals surface area contributed by atoms with Crippen molar-refractivity contribution in [1.29, 1.82) is 0 Å². The Balaban J connectivity index is 1.88. The molecule has 0 amide bonds. The Morgan fingerprint density at radius 2 is 2.60 bits per heavy atom. The topological polar surface area (TPSA) is 25.4 Å². The second-order valence-electron chi connectivity index (χ2n) is 3.72. The van der Waals surface area contributed by atoms with Crippen molar-refractivity contribution in [2.24, 2.45) is 0 Å². The zero-order valence-electron chi connectivity index (χ0n) is 8.78. The Morgan fingerprint density at radius 3 is 3.27 bits per heavy atom. The molecule has 1 aromatic heterocycles. The van der Waals surface area contributed by atoms with E-state index in [9.17, 15) is 0 Å². The minimum atomic E-state index is 0.391. The molecule has 1 fully saturated rings. The van der Waals surface area contributed by atoms with Crippen molar-refractivity contribution in [3.05, 3.63) is 15.5 Å². The van der Waals surface area contributed by atoms with Crippen LogP contribution in [0.3, 0.4) is 0 Å². The van der Waals surface area contributed by atoms with E-state index in [-0.39, 0.29) is 0 Å². The van der Waals surface area contributed by atoms with Gasteiger partial charge in [-0.05, 0) is 6.42 Å². The van der Waals surface area contributed by atoms with Gasteiger partial charge in [-0.15, -0.1) is 11.3 Å². The SMILES string of the molecule is CCC1CN(Cc2cnc(Cl)s2)CCO1. The standard InChI is InChI=1S/C10H15ClN2OS/c1-2-8-6-13(3-4-14-8)7-9-5-12-10(11)15-9/h5,8H,2-4,6-7H2,1H3. The molecule has 0 spiro atoms. The predicted molar refractivity (Wildman–Crippen MR) is 62.4 cm³/mol. The first kappa shape index (κ1) is 11.3. The van der Waals surface area contributed by atoms with Crippen molar-refractivity contribution in [2.75, 3.05) is 19.7 Å². The average Bonchev–Trinajstić information content (AvgIpc) is 2.64. The summed E-state index contributed by atoms with van der Waals surface area (Å²) >= 11 is 7.36. The van der Waals surface area contributed by atoms with Crippen LogP contribution in [-0.2, 0) is 11.3 Å². The highest BCUT2D eigenvalue weighted by Gasteiger charge is 2.19. The van der Waals surface area contributed by atoms with Gasteiger partial charge in [-0.3, -0.25) is 4.90 Å². The van der Waals surface area contributed by atoms with Crippen molar-refractivity contribution in [1.82, 2.24) is 9.88 Å². The summed E-state index contributed by atoms with van der Waals surface area (Å²) in [5.41, 5.74) is 0. The Bertz CT molecular complexity index is 318. The van der Waals surface area contributed by atoms with Gasteiger partial charge < -0.3 is 4.74 Å². The molecule has 2 heterocycles. The summed E-state index contributed by atoms with van der Waals surface area (Å²) in [4.78, 5) is 7.68. The Morgan fingerprint density at radius 1 is 1.73 bits per heavy atom. The summed E-state index contributed by atoms with van der Waals surface area (Å²) in [6.45, 7) is 5.98. The largest absolute Gasteiger partial charge is 0.376 e. The summed E-state index contributed by atoms with van der Waals surface area (Å²) in [6.07, 6.45) is 3.34. The van der Waals surface area contributed by atoms with E-state index in [0.29, 0.717) is 10.6 Å². The third-order valence-corrected chi connectivity index (χ3v) is 3.68. The van der Waals surface area contributed by atoms with Crippen molar-refractivity contribution in [3.8, 4) is 0 Å². The second-order valence-corrected chi connectivity index (χ2v) is 5.41. The van der Waals surface area contributed by atoms with Crippen molar-refractivity contribution < 1.29 is 4.74 Å². The molecule has 1 saturated heterocycles. The molecule has 2 rings (SSSR count). The molecule has 3 nitrogen and oxygen atoms in total. The third kappa shape index (κ3) is 3.14. The lowest BCUT2D eigenvalue weighted by Crippen LogP contribution is -2.41. The molecule has 0 radical (unpaired) electrons. The number of aromatic nitrogens is 1. The van der Waals surface area contributed by atoms with Crippen LogP contribution >= 0.6 is 22.9 Å². The predicted octanol–water partition coefficient (Wildman–Crippen LogP) is 2.41. The van der Waals surface area contributed by atoms with Gasteiger partial charge in [0.05, 0.1) is 12.7 Å². The van der Waals surface area contributed by atoms with Crippen LogP contribution in [0.15, 0.2) is 6.20 Å². The van der Waals surface area contributed by atoms with Crippen molar-refractivity contribution in [3.63, 3.8) is 0 Å². The summed E-state index contributed by atoms with van der Waals surface area (Å²) in [7, 11) is 0. The first-order chi connectivity index (χ1) is 7.28. The van der Waals surface area contributed by atoms with Gasteiger partial charge in [0, 0.05) is 30.7 Å². The minimum absolute atomic E-state index is 0.391. The van der Waals surface area contributed by atoms with Gasteiger partial charge in [0.15, 0.2) is 4.47 Å². The molecule has 0 aliphatic carbocycles. The summed E-state index contributed by atoms with van der Waals surface area (Å²) in [5.74, 6) is 0. The molecule has 0 aromatic carbocycles. The van der Waals surface area contributed by atoms with Gasteiger partial charge in [0.25, 0.3) is 0 Å². The number of halogens is 1. The van der Waals surface area contributed by atoms with Crippen LogP contribution in [0.25, 0.3) is 0 Å². The number of morpholine rings is 1. The van der Waals surface area contributed by atoms with Gasteiger partial charge in [0.2, 0.25) is 0 Å². The van der Waals surface area contributed by atoms with E-state index in [1.54, 1.807) is 11.3 Å². The molecule has 0 N–H and O–H groups in total. The Hall–Kier alpha value is -0.160. The number of rotatable bonds is 3. The number of hydrogen-bond donors (Lipinski definition) is 0. The fourth-order valence-corrected chi connectivity index (χ4v) is 2.77. The van der Waals surface area contributed by atoms with E-state index in [2.05, 4.69) is 16.8 Å². The first-order valence-electron chi connectivity index (χ1n) is 5.22. The molecule has 84 valence electrons. The molecule has 15 heavy (non-hydrogen) atoms. The molecule has 0 bridgehead atoms. The zero-order chi connectivity index (χ0) is 10.7. The molecule has 1 atom stereocenters. The van der Waals surface area contributed by atoms with E-state index >= 15 is 0 Å². The van der Waals surface area contributed by atoms with Crippen LogP contribution < -0.4 is 0 Å². The Labute approximate surface area is 99.0 Å². The quantitative estimate of drug-likeness (QED) is 0.819. The lowest BCUT2D eigenvalue weighted by atomic mass is 10.2. The minimum Gasteiger partial charge on any atom is -0.376 e. The number of thiazole rings is 1. The highest BCUT2D eigenvalue weighted by Crippen LogP contribution is 2.20. The fraction of sp³-hybridized carbons (Fsp3) is 0.700. The molecule has 1 unspecified atom stereocenters. The summed E-state index contributed by atoms with van der Waals surface area (Å²) in [5, 5.41) is 0. The molecule has 1 aliphatic heterocycles. The maximum Gasteiger partial charge on any atom is 0.183 e. The maximum absolute atomic E-state index is 5.80. The number of hydrogen-bond acceptors (Lipinski definition) is 4. The van der Waals surface area contributed by atoms with E-state index in [1.165, 1.54) is 4.88 Å². The van der Waals surface area contributed by atoms with Gasteiger partial charge in [-0.25, -0.2) is 4.98 Å². The molecule has 1 aromatic rings. The lowest BCUT2D eigenvalue weighted by molar-refractivity contribution is -0.0321. The molecule has 1 aliphatic rings. The zero-order valence-corrected chi connectivity index (χ0v) is 10.4. The van der Waals surface area contributed by atoms with Gasteiger partial charge in [0.1, 0.15) is 0 Å². The molecule has 5 heteroatoms. The van der Waals surface area contributed by atoms with Gasteiger partial charge in [-0.2, -0.15) is 0 Å². The van der Waals surface area contributed by atoms with Gasteiger partial charge in [-0.1, -0.05) is 18.5 Å². The van der Waals surface area contributed by atoms with Gasteiger partial charge >= 0.3 is 0 Å². The van der Waals surface area contributed by atoms with Crippen LogP contribution in [-0.4, -0.2) is 35.7 Å². The third-order valence-electron chi connectivity index (χ3n) is 2.58. The second kappa shape index (κ2) is 5.25. The van der Waals surface area contributed by atoms with Crippen LogP contribution in [0.5, 0.6) is 0 Å². The van der Waals surface area contributed by atoms with Crippen LogP contribution in [0, 0.1) is 0 Å². The van der Waals surface area contributed by atoms with E-state index in [0.717, 1.165) is 32.7 Å². The normalized spacial score (nSPS) is 23.2. The highest BCUT2D eigenvalue weighted by atomic mass is 35.5. The van der Waals surface area contributed by atoms with E-state index in [1.807, 2.05) is 6.20 Å². The Kier molecular flexibility index (Phi) is 3.97. The van der Waals surface area contributed by atoms with Crippen molar-refractivity contribution in [2.45, 2.75) is 26.0 Å². The average molecular weight is 247 g/mol. The van der Waals surface area contributed by atoms with Crippen molar-refractivity contribution >= 4 is 22.9 Å². The first-order valence-corrected chi connectivity index (χ1v) is 6.41. The summed E-state index contributed by atoms with van der Waals surface area (Å²) in [6, 6.07) is 0. The monoisotopic (exact) mass is 246 g/mol. The van der Waals surface area contributed by atoms with Crippen LogP contribution in [0.1, 0.15) is 18.2 Å². The number of nitrogens with zero attached hydrogens (tertiary/aromatic N) is 2. The molecule has 0 saturated carbocycles. The maximum atomic E-state index is 5.80. The molecular weight excluding hydrogens is 232 g/mol. The summed E-state index contributed by atoms with van der Waals surface area (Å²) < 4.78 is 6.25. The smallest absolute Gasteiger partial charge is 0.183 e. The highest BCUT2D eigenvalue weighted by molar-refractivity contribution is 7.15. The van der Waals surface area contributed by atoms with E-state index in [4.69, 9.17) is 16.3 Å². The van der Waals surface area contributed by atoms with Crippen LogP contribution in [0.4, 0.5) is 0 Å². The van der Waals surface area contributed by atoms with E-state index < -0.39 is 0 Å². The number of ether oxygens (including phenoxy) is 1.